The minimum Gasteiger partial charge on any atom is -0.312 e. The molecule has 15 heavy (non-hydrogen) atoms. The van der Waals surface area contributed by atoms with Crippen molar-refractivity contribution in [3.05, 3.63) is 0 Å². The van der Waals surface area contributed by atoms with Crippen molar-refractivity contribution in [2.45, 2.75) is 38.1 Å². The Balaban J connectivity index is 1.49. The maximum atomic E-state index is 3.74. The maximum absolute atomic E-state index is 3.74. The lowest BCUT2D eigenvalue weighted by Gasteiger charge is -2.25. The van der Waals surface area contributed by atoms with E-state index < -0.39 is 0 Å². The van der Waals surface area contributed by atoms with Crippen LogP contribution >= 0.6 is 0 Å². The van der Waals surface area contributed by atoms with Gasteiger partial charge in [-0.1, -0.05) is 6.42 Å². The summed E-state index contributed by atoms with van der Waals surface area (Å²) in [5, 5.41) is 3.74. The van der Waals surface area contributed by atoms with Crippen LogP contribution in [-0.4, -0.2) is 37.6 Å². The normalized spacial score (nSPS) is 40.0. The number of nitrogens with one attached hydrogen (secondary N) is 1. The van der Waals surface area contributed by atoms with E-state index in [1.165, 1.54) is 51.7 Å². The molecule has 2 heteroatoms. The van der Waals surface area contributed by atoms with Crippen molar-refractivity contribution in [2.24, 2.45) is 17.8 Å². The maximum Gasteiger partial charge on any atom is 0.0226 e. The van der Waals surface area contributed by atoms with Crippen LogP contribution in [0.3, 0.4) is 0 Å². The van der Waals surface area contributed by atoms with Crippen molar-refractivity contribution >= 4 is 0 Å². The van der Waals surface area contributed by atoms with Gasteiger partial charge in [0.15, 0.2) is 0 Å². The first-order valence-corrected chi connectivity index (χ1v) is 6.75. The molecule has 3 rings (SSSR count). The van der Waals surface area contributed by atoms with E-state index in [1.54, 1.807) is 0 Å². The van der Waals surface area contributed by atoms with Gasteiger partial charge in [0.05, 0.1) is 0 Å². The van der Waals surface area contributed by atoms with E-state index in [0.717, 1.165) is 23.8 Å². The number of rotatable bonds is 4. The zero-order valence-electron chi connectivity index (χ0n) is 9.91. The van der Waals surface area contributed by atoms with Crippen molar-refractivity contribution < 1.29 is 0 Å². The van der Waals surface area contributed by atoms with Gasteiger partial charge >= 0.3 is 0 Å². The largest absolute Gasteiger partial charge is 0.312 e. The van der Waals surface area contributed by atoms with Gasteiger partial charge in [-0.05, 0) is 57.0 Å². The molecule has 2 aliphatic carbocycles. The third-order valence-corrected chi connectivity index (χ3v) is 4.65. The second kappa shape index (κ2) is 4.06. The molecule has 0 aromatic heterocycles. The molecule has 1 N–H and O–H groups in total. The SMILES string of the molecule is CN(CC1CC1)CC1NCC2CCCC21. The van der Waals surface area contributed by atoms with Gasteiger partial charge in [-0.3, -0.25) is 0 Å². The number of hydrogen-bond donors (Lipinski definition) is 1. The van der Waals surface area contributed by atoms with Crippen LogP contribution in [0.25, 0.3) is 0 Å². The van der Waals surface area contributed by atoms with Crippen molar-refractivity contribution in [3.8, 4) is 0 Å². The van der Waals surface area contributed by atoms with Gasteiger partial charge in [0.25, 0.3) is 0 Å². The van der Waals surface area contributed by atoms with Crippen LogP contribution in [0.15, 0.2) is 0 Å². The molecular formula is C13H24N2. The predicted octanol–water partition coefficient (Wildman–Crippen LogP) is 1.72. The minimum absolute atomic E-state index is 0.807. The monoisotopic (exact) mass is 208 g/mol. The fraction of sp³-hybridized carbons (Fsp3) is 1.00. The van der Waals surface area contributed by atoms with Gasteiger partial charge in [-0.2, -0.15) is 0 Å². The van der Waals surface area contributed by atoms with Crippen LogP contribution in [0.5, 0.6) is 0 Å². The number of hydrogen-bond acceptors (Lipinski definition) is 2. The summed E-state index contributed by atoms with van der Waals surface area (Å²) >= 11 is 0. The summed E-state index contributed by atoms with van der Waals surface area (Å²) in [5.41, 5.74) is 0. The molecule has 0 spiro atoms. The summed E-state index contributed by atoms with van der Waals surface area (Å²) in [6, 6.07) is 0.807. The molecule has 3 aliphatic rings. The van der Waals surface area contributed by atoms with Crippen LogP contribution in [0, 0.1) is 17.8 Å². The molecule has 3 atom stereocenters. The first-order valence-electron chi connectivity index (χ1n) is 6.75. The Morgan fingerprint density at radius 3 is 2.80 bits per heavy atom. The highest BCUT2D eigenvalue weighted by atomic mass is 15.1. The van der Waals surface area contributed by atoms with Gasteiger partial charge in [-0.25, -0.2) is 0 Å². The fourth-order valence-corrected chi connectivity index (χ4v) is 3.65. The molecule has 0 radical (unpaired) electrons. The topological polar surface area (TPSA) is 15.3 Å². The summed E-state index contributed by atoms with van der Waals surface area (Å²) < 4.78 is 0. The zero-order chi connectivity index (χ0) is 10.3. The van der Waals surface area contributed by atoms with Crippen LogP contribution in [-0.2, 0) is 0 Å². The Kier molecular flexibility index (Phi) is 2.73. The van der Waals surface area contributed by atoms with E-state index in [0.29, 0.717) is 0 Å². The van der Waals surface area contributed by atoms with Gasteiger partial charge in [-0.15, -0.1) is 0 Å². The van der Waals surface area contributed by atoms with Gasteiger partial charge in [0.2, 0.25) is 0 Å². The molecule has 1 aliphatic heterocycles. The number of nitrogens with zero attached hydrogens (tertiary/aromatic N) is 1. The average molecular weight is 208 g/mol. The second-order valence-corrected chi connectivity index (χ2v) is 6.03. The molecule has 1 heterocycles. The minimum atomic E-state index is 0.807. The molecule has 0 aromatic rings. The Morgan fingerprint density at radius 1 is 1.13 bits per heavy atom. The second-order valence-electron chi connectivity index (χ2n) is 6.03. The van der Waals surface area contributed by atoms with E-state index in [2.05, 4.69) is 17.3 Å². The first kappa shape index (κ1) is 10.1. The first-order chi connectivity index (χ1) is 7.33. The van der Waals surface area contributed by atoms with E-state index in [-0.39, 0.29) is 0 Å². The van der Waals surface area contributed by atoms with Crippen molar-refractivity contribution in [1.82, 2.24) is 10.2 Å². The molecule has 2 saturated carbocycles. The van der Waals surface area contributed by atoms with E-state index in [9.17, 15) is 0 Å². The Morgan fingerprint density at radius 2 is 2.00 bits per heavy atom. The highest BCUT2D eigenvalue weighted by Gasteiger charge is 2.39. The summed E-state index contributed by atoms with van der Waals surface area (Å²) in [5.74, 6) is 3.06. The zero-order valence-corrected chi connectivity index (χ0v) is 9.91. The summed E-state index contributed by atoms with van der Waals surface area (Å²) in [4.78, 5) is 2.57. The molecule has 0 aromatic carbocycles. The van der Waals surface area contributed by atoms with Crippen LogP contribution in [0.4, 0.5) is 0 Å². The van der Waals surface area contributed by atoms with Crippen molar-refractivity contribution in [3.63, 3.8) is 0 Å². The van der Waals surface area contributed by atoms with Crippen LogP contribution in [0.1, 0.15) is 32.1 Å². The van der Waals surface area contributed by atoms with Crippen LogP contribution < -0.4 is 5.32 Å². The Labute approximate surface area is 93.4 Å². The third kappa shape index (κ3) is 2.21. The highest BCUT2D eigenvalue weighted by Crippen LogP contribution is 2.38. The molecule has 3 fully saturated rings. The van der Waals surface area contributed by atoms with E-state index in [1.807, 2.05) is 0 Å². The third-order valence-electron chi connectivity index (χ3n) is 4.65. The van der Waals surface area contributed by atoms with Gasteiger partial charge < -0.3 is 10.2 Å². The molecule has 0 amide bonds. The van der Waals surface area contributed by atoms with Crippen LogP contribution in [0.2, 0.25) is 0 Å². The Bertz CT molecular complexity index is 225. The van der Waals surface area contributed by atoms with Gasteiger partial charge in [0, 0.05) is 19.1 Å². The molecular weight excluding hydrogens is 184 g/mol. The lowest BCUT2D eigenvalue weighted by atomic mass is 9.94. The molecule has 1 saturated heterocycles. The van der Waals surface area contributed by atoms with Gasteiger partial charge in [0.1, 0.15) is 0 Å². The average Bonchev–Trinajstić information content (AvgIpc) is 2.78. The van der Waals surface area contributed by atoms with Crippen molar-refractivity contribution in [2.75, 3.05) is 26.7 Å². The summed E-state index contributed by atoms with van der Waals surface area (Å²) in [6.45, 7) is 3.93. The quantitative estimate of drug-likeness (QED) is 0.757. The highest BCUT2D eigenvalue weighted by molar-refractivity contribution is 4.95. The number of fused-ring (bicyclic) bond motifs is 1. The molecule has 0 bridgehead atoms. The predicted molar refractivity (Wildman–Crippen MR) is 62.8 cm³/mol. The standard InChI is InChI=1S/C13H24N2/c1-15(8-10-5-6-10)9-13-12-4-2-3-11(12)7-14-13/h10-14H,2-9H2,1H3. The molecule has 86 valence electrons. The smallest absolute Gasteiger partial charge is 0.0226 e. The lowest BCUT2D eigenvalue weighted by molar-refractivity contribution is 0.258. The summed E-state index contributed by atoms with van der Waals surface area (Å²) in [6.07, 6.45) is 7.42. The summed E-state index contributed by atoms with van der Waals surface area (Å²) in [7, 11) is 2.31. The van der Waals surface area contributed by atoms with E-state index >= 15 is 0 Å². The molecule has 2 nitrogen and oxygen atoms in total. The van der Waals surface area contributed by atoms with E-state index in [4.69, 9.17) is 0 Å². The molecule has 3 unspecified atom stereocenters. The fourth-order valence-electron chi connectivity index (χ4n) is 3.65. The number of likely N-dealkylation sites (N-methyl/N-ethyl adjacent to an activating group) is 1. The lowest BCUT2D eigenvalue weighted by Crippen LogP contribution is -2.39. The van der Waals surface area contributed by atoms with Crippen molar-refractivity contribution in [1.29, 1.82) is 0 Å². The Hall–Kier alpha value is -0.0800.